The largest absolute Gasteiger partial charge is 0.306 e. The SMILES string of the molecule is CCCNC(c1cnccc1C)c1ccc(F)c(F)c1Br. The minimum atomic E-state index is -0.864. The number of hydrogen-bond acceptors (Lipinski definition) is 2. The van der Waals surface area contributed by atoms with E-state index in [1.807, 2.05) is 13.0 Å². The second-order valence-electron chi connectivity index (χ2n) is 4.88. The predicted octanol–water partition coefficient (Wildman–Crippen LogP) is 4.52. The van der Waals surface area contributed by atoms with E-state index in [0.29, 0.717) is 5.56 Å². The van der Waals surface area contributed by atoms with E-state index in [0.717, 1.165) is 30.2 Å². The van der Waals surface area contributed by atoms with Gasteiger partial charge in [-0.05, 0) is 64.6 Å². The molecule has 0 saturated heterocycles. The van der Waals surface area contributed by atoms with Crippen molar-refractivity contribution in [1.82, 2.24) is 10.3 Å². The molecule has 0 fully saturated rings. The highest BCUT2D eigenvalue weighted by Crippen LogP contribution is 2.32. The van der Waals surface area contributed by atoms with Gasteiger partial charge in [0.2, 0.25) is 0 Å². The summed E-state index contributed by atoms with van der Waals surface area (Å²) in [5.74, 6) is -1.72. The molecular weight excluding hydrogens is 338 g/mol. The average Bonchev–Trinajstić information content (AvgIpc) is 2.48. The highest BCUT2D eigenvalue weighted by atomic mass is 79.9. The molecule has 2 aromatic rings. The molecular formula is C16H17BrF2N2. The number of nitrogens with zero attached hydrogens (tertiary/aromatic N) is 1. The normalized spacial score (nSPS) is 12.4. The summed E-state index contributed by atoms with van der Waals surface area (Å²) in [4.78, 5) is 4.15. The minimum Gasteiger partial charge on any atom is -0.306 e. The summed E-state index contributed by atoms with van der Waals surface area (Å²) in [5, 5.41) is 3.37. The molecule has 112 valence electrons. The summed E-state index contributed by atoms with van der Waals surface area (Å²) in [6, 6.07) is 4.43. The van der Waals surface area contributed by atoms with Crippen molar-refractivity contribution in [2.45, 2.75) is 26.3 Å². The van der Waals surface area contributed by atoms with E-state index >= 15 is 0 Å². The second kappa shape index (κ2) is 7.09. The molecule has 1 N–H and O–H groups in total. The Hall–Kier alpha value is -1.33. The Balaban J connectivity index is 2.51. The lowest BCUT2D eigenvalue weighted by Crippen LogP contribution is -2.24. The van der Waals surface area contributed by atoms with Crippen LogP contribution in [0.1, 0.15) is 36.1 Å². The van der Waals surface area contributed by atoms with Crippen molar-refractivity contribution in [3.8, 4) is 0 Å². The van der Waals surface area contributed by atoms with Gasteiger partial charge in [0.1, 0.15) is 0 Å². The molecule has 0 aliphatic carbocycles. The van der Waals surface area contributed by atoms with E-state index < -0.39 is 11.6 Å². The first-order chi connectivity index (χ1) is 10.1. The van der Waals surface area contributed by atoms with Crippen molar-refractivity contribution in [2.75, 3.05) is 6.54 Å². The predicted molar refractivity (Wildman–Crippen MR) is 83.2 cm³/mol. The van der Waals surface area contributed by atoms with Crippen LogP contribution in [0.15, 0.2) is 35.1 Å². The van der Waals surface area contributed by atoms with Gasteiger partial charge < -0.3 is 5.32 Å². The van der Waals surface area contributed by atoms with Crippen LogP contribution < -0.4 is 5.32 Å². The summed E-state index contributed by atoms with van der Waals surface area (Å²) in [7, 11) is 0. The van der Waals surface area contributed by atoms with Gasteiger partial charge in [-0.25, -0.2) is 8.78 Å². The van der Waals surface area contributed by atoms with Gasteiger partial charge in [-0.15, -0.1) is 0 Å². The van der Waals surface area contributed by atoms with E-state index in [1.165, 1.54) is 0 Å². The fourth-order valence-electron chi connectivity index (χ4n) is 2.22. The molecule has 0 aliphatic rings. The van der Waals surface area contributed by atoms with Gasteiger partial charge in [-0.3, -0.25) is 4.98 Å². The highest BCUT2D eigenvalue weighted by Gasteiger charge is 2.21. The number of nitrogens with one attached hydrogen (secondary N) is 1. The smallest absolute Gasteiger partial charge is 0.173 e. The molecule has 21 heavy (non-hydrogen) atoms. The Morgan fingerprint density at radius 1 is 1.24 bits per heavy atom. The fourth-order valence-corrected chi connectivity index (χ4v) is 2.77. The molecule has 2 nitrogen and oxygen atoms in total. The average molecular weight is 355 g/mol. The van der Waals surface area contributed by atoms with Crippen molar-refractivity contribution in [1.29, 1.82) is 0 Å². The van der Waals surface area contributed by atoms with Crippen LogP contribution in [-0.2, 0) is 0 Å². The zero-order valence-corrected chi connectivity index (χ0v) is 13.5. The first-order valence-corrected chi connectivity index (χ1v) is 7.62. The van der Waals surface area contributed by atoms with E-state index in [-0.39, 0.29) is 10.5 Å². The lowest BCUT2D eigenvalue weighted by atomic mass is 9.96. The number of hydrogen-bond donors (Lipinski definition) is 1. The number of pyridine rings is 1. The maximum atomic E-state index is 13.8. The van der Waals surface area contributed by atoms with E-state index in [9.17, 15) is 8.78 Å². The molecule has 0 radical (unpaired) electrons. The van der Waals surface area contributed by atoms with Crippen LogP contribution in [0.2, 0.25) is 0 Å². The first-order valence-electron chi connectivity index (χ1n) is 6.83. The quantitative estimate of drug-likeness (QED) is 0.798. The summed E-state index contributed by atoms with van der Waals surface area (Å²) in [6.07, 6.45) is 4.42. The lowest BCUT2D eigenvalue weighted by molar-refractivity contribution is 0.497. The number of rotatable bonds is 5. The lowest BCUT2D eigenvalue weighted by Gasteiger charge is -2.22. The van der Waals surface area contributed by atoms with Gasteiger partial charge in [-0.2, -0.15) is 0 Å². The van der Waals surface area contributed by atoms with E-state index in [4.69, 9.17) is 0 Å². The summed E-state index contributed by atoms with van der Waals surface area (Å²) >= 11 is 3.17. The monoisotopic (exact) mass is 354 g/mol. The molecule has 1 aromatic carbocycles. The van der Waals surface area contributed by atoms with Crippen LogP contribution in [0.4, 0.5) is 8.78 Å². The molecule has 0 aliphatic heterocycles. The van der Waals surface area contributed by atoms with Crippen molar-refractivity contribution < 1.29 is 8.78 Å². The van der Waals surface area contributed by atoms with Crippen LogP contribution in [0.25, 0.3) is 0 Å². The Kier molecular flexibility index (Phi) is 5.42. The molecule has 0 bridgehead atoms. The van der Waals surface area contributed by atoms with Crippen LogP contribution in [-0.4, -0.2) is 11.5 Å². The van der Waals surface area contributed by atoms with Crippen molar-refractivity contribution in [2.24, 2.45) is 0 Å². The molecule has 0 spiro atoms. The third kappa shape index (κ3) is 3.47. The molecule has 1 heterocycles. The zero-order chi connectivity index (χ0) is 15.4. The Bertz CT molecular complexity index is 632. The number of halogens is 3. The molecule has 5 heteroatoms. The summed E-state index contributed by atoms with van der Waals surface area (Å²) in [5.41, 5.74) is 2.67. The maximum Gasteiger partial charge on any atom is 0.173 e. The topological polar surface area (TPSA) is 24.9 Å². The Labute approximate surface area is 131 Å². The number of benzene rings is 1. The van der Waals surface area contributed by atoms with Gasteiger partial charge in [0.25, 0.3) is 0 Å². The first kappa shape index (κ1) is 16.0. The fraction of sp³-hybridized carbons (Fsp3) is 0.312. The van der Waals surface area contributed by atoms with Crippen molar-refractivity contribution in [3.63, 3.8) is 0 Å². The second-order valence-corrected chi connectivity index (χ2v) is 5.68. The van der Waals surface area contributed by atoms with Crippen LogP contribution >= 0.6 is 15.9 Å². The molecule has 1 atom stereocenters. The van der Waals surface area contributed by atoms with Crippen LogP contribution in [0.5, 0.6) is 0 Å². The molecule has 0 saturated carbocycles. The van der Waals surface area contributed by atoms with Gasteiger partial charge in [0, 0.05) is 12.4 Å². The number of aryl methyl sites for hydroxylation is 1. The third-order valence-electron chi connectivity index (χ3n) is 3.37. The van der Waals surface area contributed by atoms with Crippen LogP contribution in [0.3, 0.4) is 0 Å². The van der Waals surface area contributed by atoms with Gasteiger partial charge in [-0.1, -0.05) is 13.0 Å². The zero-order valence-electron chi connectivity index (χ0n) is 12.0. The summed E-state index contributed by atoms with van der Waals surface area (Å²) < 4.78 is 27.3. The van der Waals surface area contributed by atoms with Gasteiger partial charge in [0.05, 0.1) is 10.5 Å². The van der Waals surface area contributed by atoms with Gasteiger partial charge in [0.15, 0.2) is 11.6 Å². The summed E-state index contributed by atoms with van der Waals surface area (Å²) in [6.45, 7) is 4.80. The highest BCUT2D eigenvalue weighted by molar-refractivity contribution is 9.10. The Morgan fingerprint density at radius 3 is 2.67 bits per heavy atom. The van der Waals surface area contributed by atoms with E-state index in [2.05, 4.69) is 33.2 Å². The van der Waals surface area contributed by atoms with Crippen molar-refractivity contribution >= 4 is 15.9 Å². The molecule has 1 unspecified atom stereocenters. The minimum absolute atomic E-state index is 0.152. The Morgan fingerprint density at radius 2 is 2.00 bits per heavy atom. The standard InChI is InChI=1S/C16H17BrF2N2/c1-3-7-21-16(12-9-20-8-6-10(12)2)11-4-5-13(18)15(19)14(11)17/h4-6,8-9,16,21H,3,7H2,1-2H3. The van der Waals surface area contributed by atoms with Crippen LogP contribution in [0, 0.1) is 18.6 Å². The molecule has 2 rings (SSSR count). The van der Waals surface area contributed by atoms with Crippen molar-refractivity contribution in [3.05, 3.63) is 63.4 Å². The van der Waals surface area contributed by atoms with Gasteiger partial charge >= 0.3 is 0 Å². The molecule has 1 aromatic heterocycles. The maximum absolute atomic E-state index is 13.8. The number of aromatic nitrogens is 1. The third-order valence-corrected chi connectivity index (χ3v) is 4.17. The molecule has 0 amide bonds. The van der Waals surface area contributed by atoms with E-state index in [1.54, 1.807) is 18.5 Å².